The summed E-state index contributed by atoms with van der Waals surface area (Å²) in [7, 11) is -3.24. The lowest BCUT2D eigenvalue weighted by molar-refractivity contribution is -0.115. The minimum absolute atomic E-state index is 0.0445. The number of carbonyl (C=O) groups is 1. The molecular weight excluding hydrogens is 342 g/mol. The fourth-order valence-corrected chi connectivity index (χ4v) is 3.38. The third-order valence-corrected chi connectivity index (χ3v) is 5.60. The van der Waals surface area contributed by atoms with Crippen LogP contribution in [0, 0.1) is 0 Å². The average molecular weight is 361 g/mol. The molecule has 0 saturated heterocycles. The van der Waals surface area contributed by atoms with Crippen LogP contribution in [0.25, 0.3) is 0 Å². The molecule has 3 rings (SSSR count). The van der Waals surface area contributed by atoms with E-state index in [-0.39, 0.29) is 23.0 Å². The van der Waals surface area contributed by atoms with Gasteiger partial charge in [0.05, 0.1) is 17.1 Å². The Morgan fingerprint density at radius 2 is 1.72 bits per heavy atom. The van der Waals surface area contributed by atoms with Gasteiger partial charge in [-0.15, -0.1) is 0 Å². The predicted molar refractivity (Wildman–Crippen MR) is 93.9 cm³/mol. The van der Waals surface area contributed by atoms with Gasteiger partial charge in [-0.2, -0.15) is 0 Å². The number of sulfone groups is 1. The maximum Gasteiger partial charge on any atom is 0.228 e. The number of ether oxygens (including phenoxy) is 2. The zero-order valence-corrected chi connectivity index (χ0v) is 14.6. The SMILES string of the molecule is CCS(=O)(=O)c1ccc(NC(=O)Cc2ccc3c(c2)OCCO3)cc1. The largest absolute Gasteiger partial charge is 0.486 e. The average Bonchev–Trinajstić information content (AvgIpc) is 2.62. The Morgan fingerprint density at radius 3 is 2.40 bits per heavy atom. The van der Waals surface area contributed by atoms with Crippen molar-refractivity contribution in [3.63, 3.8) is 0 Å². The topological polar surface area (TPSA) is 81.7 Å². The molecule has 1 aliphatic heterocycles. The van der Waals surface area contributed by atoms with E-state index in [4.69, 9.17) is 9.47 Å². The fourth-order valence-electron chi connectivity index (χ4n) is 2.50. The fraction of sp³-hybridized carbons (Fsp3) is 0.278. The summed E-state index contributed by atoms with van der Waals surface area (Å²) in [6, 6.07) is 11.6. The zero-order chi connectivity index (χ0) is 17.9. The van der Waals surface area contributed by atoms with E-state index in [0.29, 0.717) is 30.4 Å². The summed E-state index contributed by atoms with van der Waals surface area (Å²) in [5, 5.41) is 2.76. The van der Waals surface area contributed by atoms with Gasteiger partial charge in [-0.25, -0.2) is 8.42 Å². The minimum atomic E-state index is -3.24. The van der Waals surface area contributed by atoms with Gasteiger partial charge in [-0.1, -0.05) is 13.0 Å². The molecule has 7 heteroatoms. The van der Waals surface area contributed by atoms with E-state index < -0.39 is 9.84 Å². The number of hydrogen-bond donors (Lipinski definition) is 1. The molecule has 6 nitrogen and oxygen atoms in total. The van der Waals surface area contributed by atoms with Gasteiger partial charge < -0.3 is 14.8 Å². The van der Waals surface area contributed by atoms with Crippen molar-refractivity contribution in [3.05, 3.63) is 48.0 Å². The summed E-state index contributed by atoms with van der Waals surface area (Å²) in [5.41, 5.74) is 1.37. The van der Waals surface area contributed by atoms with Gasteiger partial charge in [0.25, 0.3) is 0 Å². The molecule has 0 aromatic heterocycles. The van der Waals surface area contributed by atoms with E-state index in [1.54, 1.807) is 31.2 Å². The van der Waals surface area contributed by atoms with Gasteiger partial charge in [-0.3, -0.25) is 4.79 Å². The van der Waals surface area contributed by atoms with Crippen molar-refractivity contribution in [2.24, 2.45) is 0 Å². The molecule has 1 amide bonds. The Balaban J connectivity index is 1.65. The highest BCUT2D eigenvalue weighted by Gasteiger charge is 2.14. The third kappa shape index (κ3) is 4.11. The van der Waals surface area contributed by atoms with Crippen LogP contribution in [0.3, 0.4) is 0 Å². The van der Waals surface area contributed by atoms with Crippen LogP contribution >= 0.6 is 0 Å². The van der Waals surface area contributed by atoms with E-state index >= 15 is 0 Å². The van der Waals surface area contributed by atoms with Crippen LogP contribution in [0.5, 0.6) is 11.5 Å². The number of anilines is 1. The number of fused-ring (bicyclic) bond motifs is 1. The number of rotatable bonds is 5. The quantitative estimate of drug-likeness (QED) is 0.884. The van der Waals surface area contributed by atoms with Gasteiger partial charge in [0.1, 0.15) is 13.2 Å². The molecule has 25 heavy (non-hydrogen) atoms. The normalized spacial score (nSPS) is 13.3. The molecule has 1 N–H and O–H groups in total. The predicted octanol–water partition coefficient (Wildman–Crippen LogP) is 2.43. The van der Waals surface area contributed by atoms with Crippen LogP contribution in [0.1, 0.15) is 12.5 Å². The first kappa shape index (κ1) is 17.3. The Morgan fingerprint density at radius 1 is 1.04 bits per heavy atom. The van der Waals surface area contributed by atoms with Crippen molar-refractivity contribution >= 4 is 21.4 Å². The lowest BCUT2D eigenvalue weighted by Gasteiger charge is -2.18. The maximum atomic E-state index is 12.2. The van der Waals surface area contributed by atoms with Crippen molar-refractivity contribution in [2.45, 2.75) is 18.2 Å². The van der Waals surface area contributed by atoms with E-state index in [2.05, 4.69) is 5.32 Å². The third-order valence-electron chi connectivity index (χ3n) is 3.85. The lowest BCUT2D eigenvalue weighted by atomic mass is 10.1. The van der Waals surface area contributed by atoms with Crippen molar-refractivity contribution in [2.75, 3.05) is 24.3 Å². The Bertz CT molecular complexity index is 875. The van der Waals surface area contributed by atoms with Crippen molar-refractivity contribution < 1.29 is 22.7 Å². The van der Waals surface area contributed by atoms with Gasteiger partial charge in [0, 0.05) is 5.69 Å². The molecule has 0 saturated carbocycles. The highest BCUT2D eigenvalue weighted by Crippen LogP contribution is 2.30. The second-order valence-corrected chi connectivity index (χ2v) is 7.91. The molecule has 2 aromatic rings. The second-order valence-electron chi connectivity index (χ2n) is 5.63. The van der Waals surface area contributed by atoms with Crippen molar-refractivity contribution in [1.82, 2.24) is 0 Å². The highest BCUT2D eigenvalue weighted by molar-refractivity contribution is 7.91. The highest BCUT2D eigenvalue weighted by atomic mass is 32.2. The summed E-state index contributed by atoms with van der Waals surface area (Å²) in [4.78, 5) is 12.4. The van der Waals surface area contributed by atoms with E-state index in [1.165, 1.54) is 12.1 Å². The lowest BCUT2D eigenvalue weighted by Crippen LogP contribution is -2.17. The molecule has 0 bridgehead atoms. The van der Waals surface area contributed by atoms with Gasteiger partial charge in [-0.05, 0) is 42.0 Å². The molecule has 0 spiro atoms. The molecule has 1 heterocycles. The summed E-state index contributed by atoms with van der Waals surface area (Å²) in [6.07, 6.45) is 0.186. The smallest absolute Gasteiger partial charge is 0.228 e. The first-order valence-corrected chi connectivity index (χ1v) is 9.64. The van der Waals surface area contributed by atoms with E-state index in [0.717, 1.165) is 5.56 Å². The minimum Gasteiger partial charge on any atom is -0.486 e. The number of carbonyl (C=O) groups excluding carboxylic acids is 1. The molecule has 0 unspecified atom stereocenters. The summed E-state index contributed by atoms with van der Waals surface area (Å²) < 4.78 is 34.5. The van der Waals surface area contributed by atoms with Gasteiger partial charge in [0.2, 0.25) is 5.91 Å². The van der Waals surface area contributed by atoms with Crippen LogP contribution in [0.4, 0.5) is 5.69 Å². The molecule has 2 aromatic carbocycles. The van der Waals surface area contributed by atoms with Crippen LogP contribution in [-0.4, -0.2) is 33.3 Å². The molecule has 0 fully saturated rings. The Kier molecular flexibility index (Phi) is 4.94. The zero-order valence-electron chi connectivity index (χ0n) is 13.8. The summed E-state index contributed by atoms with van der Waals surface area (Å²) in [6.45, 7) is 2.62. The van der Waals surface area contributed by atoms with Crippen LogP contribution in [0.2, 0.25) is 0 Å². The monoisotopic (exact) mass is 361 g/mol. The molecule has 1 aliphatic rings. The van der Waals surface area contributed by atoms with Crippen LogP contribution in [-0.2, 0) is 21.1 Å². The molecule has 132 valence electrons. The number of nitrogens with one attached hydrogen (secondary N) is 1. The first-order chi connectivity index (χ1) is 12.0. The van der Waals surface area contributed by atoms with E-state index in [9.17, 15) is 13.2 Å². The summed E-state index contributed by atoms with van der Waals surface area (Å²) >= 11 is 0. The number of hydrogen-bond acceptors (Lipinski definition) is 5. The molecular formula is C18H19NO5S. The maximum absolute atomic E-state index is 12.2. The van der Waals surface area contributed by atoms with Crippen LogP contribution < -0.4 is 14.8 Å². The van der Waals surface area contributed by atoms with Crippen molar-refractivity contribution in [3.8, 4) is 11.5 Å². The van der Waals surface area contributed by atoms with Gasteiger partial charge >= 0.3 is 0 Å². The molecule has 0 aliphatic carbocycles. The summed E-state index contributed by atoms with van der Waals surface area (Å²) in [5.74, 6) is 1.18. The number of benzene rings is 2. The Labute approximate surface area is 146 Å². The second kappa shape index (κ2) is 7.14. The standard InChI is InChI=1S/C18H19NO5S/c1-2-25(21,22)15-6-4-14(5-7-15)19-18(20)12-13-3-8-16-17(11-13)24-10-9-23-16/h3-8,11H,2,9-10,12H2,1H3,(H,19,20). The van der Waals surface area contributed by atoms with Crippen molar-refractivity contribution in [1.29, 1.82) is 0 Å². The molecule has 0 atom stereocenters. The van der Waals surface area contributed by atoms with Crippen LogP contribution in [0.15, 0.2) is 47.4 Å². The Hall–Kier alpha value is -2.54. The first-order valence-electron chi connectivity index (χ1n) is 7.99. The number of amides is 1. The van der Waals surface area contributed by atoms with Gasteiger partial charge in [0.15, 0.2) is 21.3 Å². The van der Waals surface area contributed by atoms with E-state index in [1.807, 2.05) is 6.07 Å². The molecule has 0 radical (unpaired) electrons.